The average molecular weight is 705 g/mol. The normalized spacial score (nSPS) is 31.6. The number of hydrogen-bond acceptors (Lipinski definition) is 8. The Hall–Kier alpha value is -2.11. The van der Waals surface area contributed by atoms with Crippen LogP contribution in [-0.2, 0) is 28.6 Å². The summed E-state index contributed by atoms with van der Waals surface area (Å²) in [5, 5.41) is 26.2. The number of amides is 2. The van der Waals surface area contributed by atoms with Crippen molar-refractivity contribution in [1.82, 2.24) is 10.6 Å². The summed E-state index contributed by atoms with van der Waals surface area (Å²) in [5.41, 5.74) is 0.781. The van der Waals surface area contributed by atoms with Crippen LogP contribution in [0, 0.1) is 29.6 Å². The molecule has 0 aliphatic carbocycles. The highest BCUT2D eigenvalue weighted by atomic mass is 16.6. The van der Waals surface area contributed by atoms with Crippen molar-refractivity contribution in [2.75, 3.05) is 26.3 Å². The second-order valence-electron chi connectivity index (χ2n) is 15.9. The number of aliphatic hydroxyl groups excluding tert-OH is 2. The number of ketones is 1. The molecule has 50 heavy (non-hydrogen) atoms. The van der Waals surface area contributed by atoms with Crippen molar-refractivity contribution < 1.29 is 38.8 Å². The molecule has 0 radical (unpaired) electrons. The summed E-state index contributed by atoms with van der Waals surface area (Å²) in [6.07, 6.45) is 12.7. The quantitative estimate of drug-likeness (QED) is 0.0840. The zero-order valence-electron chi connectivity index (χ0n) is 32.0. The third-order valence-corrected chi connectivity index (χ3v) is 11.3. The van der Waals surface area contributed by atoms with Gasteiger partial charge in [0.25, 0.3) is 0 Å². The maximum Gasteiger partial charge on any atom is 0.225 e. The largest absolute Gasteiger partial charge is 0.390 e. The van der Waals surface area contributed by atoms with Crippen molar-refractivity contribution in [2.24, 2.45) is 29.6 Å². The topological polar surface area (TPSA) is 143 Å². The van der Waals surface area contributed by atoms with E-state index in [-0.39, 0.29) is 60.4 Å². The summed E-state index contributed by atoms with van der Waals surface area (Å²) in [6.45, 7) is 15.7. The fourth-order valence-corrected chi connectivity index (χ4v) is 7.65. The molecule has 0 saturated carbocycles. The molecule has 3 aliphatic rings. The Kier molecular flexibility index (Phi) is 17.6. The summed E-state index contributed by atoms with van der Waals surface area (Å²) in [6, 6.07) is 0. The van der Waals surface area contributed by atoms with E-state index in [2.05, 4.69) is 30.6 Å². The molecule has 3 saturated heterocycles. The zero-order chi connectivity index (χ0) is 36.8. The highest BCUT2D eigenvalue weighted by Crippen LogP contribution is 2.42. The molecular formula is C40H68N2O8. The molecule has 0 aromatic heterocycles. The van der Waals surface area contributed by atoms with Gasteiger partial charge >= 0.3 is 0 Å². The van der Waals surface area contributed by atoms with Gasteiger partial charge in [-0.05, 0) is 114 Å². The van der Waals surface area contributed by atoms with Crippen molar-refractivity contribution in [2.45, 2.75) is 155 Å². The summed E-state index contributed by atoms with van der Waals surface area (Å²) in [5.74, 6) is 0.356. The Balaban J connectivity index is 1.36. The molecule has 3 aliphatic heterocycles. The van der Waals surface area contributed by atoms with Gasteiger partial charge < -0.3 is 35.1 Å². The van der Waals surface area contributed by atoms with Crippen molar-refractivity contribution in [3.05, 3.63) is 23.8 Å². The van der Waals surface area contributed by atoms with Gasteiger partial charge in [-0.3, -0.25) is 14.4 Å². The average Bonchev–Trinajstić information content (AvgIpc) is 3.07. The number of allylic oxidation sites excluding steroid dienone is 3. The van der Waals surface area contributed by atoms with Crippen LogP contribution < -0.4 is 10.6 Å². The van der Waals surface area contributed by atoms with Crippen LogP contribution in [0.2, 0.25) is 0 Å². The van der Waals surface area contributed by atoms with E-state index < -0.39 is 18.1 Å². The molecule has 0 aromatic rings. The lowest BCUT2D eigenvalue weighted by Gasteiger charge is -2.48. The maximum absolute atomic E-state index is 12.9. The number of carbonyl (C=O) groups is 3. The highest BCUT2D eigenvalue weighted by Gasteiger charge is 2.44. The maximum atomic E-state index is 12.9. The molecule has 11 atom stereocenters. The number of nitrogens with one attached hydrogen (secondary N) is 2. The fraction of sp³-hybridized carbons (Fsp3) is 0.825. The number of hydrogen-bond donors (Lipinski definition) is 4. The molecule has 0 bridgehead atoms. The van der Waals surface area contributed by atoms with Gasteiger partial charge in [-0.1, -0.05) is 39.8 Å². The third-order valence-electron chi connectivity index (χ3n) is 11.3. The standard InChI is InChI=1S/C40H68N2O8/c1-8-10-33(44)20-34-15-13-27(3)37(49-34)21-38(46)42-23-35(45)30(6)39(47)41-18-9-11-36-28(4)16-17-40(50-36)22-32(24-48-25-40)14-12-26(2)19-29(5)31(7)43/h8,10,19,26-28,30-32,34-37,43,45H,9,11-18,20-25H2,1-7H3,(H,41,47)(H,42,46). The first-order valence-electron chi connectivity index (χ1n) is 19.4. The van der Waals surface area contributed by atoms with Crippen LogP contribution in [0.5, 0.6) is 0 Å². The number of ether oxygens (including phenoxy) is 3. The summed E-state index contributed by atoms with van der Waals surface area (Å²) in [4.78, 5) is 37.6. The van der Waals surface area contributed by atoms with Gasteiger partial charge in [0.2, 0.25) is 11.8 Å². The van der Waals surface area contributed by atoms with Crippen LogP contribution in [0.4, 0.5) is 0 Å². The molecule has 2 amide bonds. The minimum atomic E-state index is -1.02. The smallest absolute Gasteiger partial charge is 0.225 e. The van der Waals surface area contributed by atoms with Crippen LogP contribution in [0.25, 0.3) is 0 Å². The summed E-state index contributed by atoms with van der Waals surface area (Å²) in [7, 11) is 0. The molecule has 11 unspecified atom stereocenters. The summed E-state index contributed by atoms with van der Waals surface area (Å²) < 4.78 is 19.0. The van der Waals surface area contributed by atoms with Crippen molar-refractivity contribution in [3.63, 3.8) is 0 Å². The van der Waals surface area contributed by atoms with Gasteiger partial charge in [0.05, 0.1) is 55.1 Å². The second-order valence-corrected chi connectivity index (χ2v) is 15.9. The molecular weight excluding hydrogens is 636 g/mol. The molecule has 4 N–H and O–H groups in total. The van der Waals surface area contributed by atoms with E-state index in [0.29, 0.717) is 37.3 Å². The lowest BCUT2D eigenvalue weighted by molar-refractivity contribution is -0.211. The first kappa shape index (κ1) is 42.3. The predicted octanol–water partition coefficient (Wildman–Crippen LogP) is 5.44. The molecule has 3 heterocycles. The van der Waals surface area contributed by atoms with E-state index in [1.807, 2.05) is 27.7 Å². The molecule has 0 aromatic carbocycles. The van der Waals surface area contributed by atoms with Crippen LogP contribution in [0.1, 0.15) is 119 Å². The molecule has 10 nitrogen and oxygen atoms in total. The molecule has 286 valence electrons. The van der Waals surface area contributed by atoms with E-state index in [0.717, 1.165) is 70.0 Å². The molecule has 3 fully saturated rings. The monoisotopic (exact) mass is 704 g/mol. The number of aliphatic hydroxyl groups is 2. The van der Waals surface area contributed by atoms with Crippen LogP contribution in [0.15, 0.2) is 23.8 Å². The first-order chi connectivity index (χ1) is 23.7. The van der Waals surface area contributed by atoms with Gasteiger partial charge in [0, 0.05) is 26.1 Å². The van der Waals surface area contributed by atoms with E-state index in [1.54, 1.807) is 19.1 Å². The predicted molar refractivity (Wildman–Crippen MR) is 195 cm³/mol. The molecule has 1 spiro atoms. The SMILES string of the molecule is CC=CC(=O)CC1CCC(C)C(CC(=O)NCC(O)C(C)C(=O)NCCCC2OC3(CCC2C)COCC(CCC(C)C=C(C)C(C)O)C3)O1. The van der Waals surface area contributed by atoms with Gasteiger partial charge in [-0.2, -0.15) is 0 Å². The van der Waals surface area contributed by atoms with Gasteiger partial charge in [0.15, 0.2) is 5.78 Å². The van der Waals surface area contributed by atoms with E-state index >= 15 is 0 Å². The fourth-order valence-electron chi connectivity index (χ4n) is 7.65. The van der Waals surface area contributed by atoms with E-state index in [1.165, 1.54) is 0 Å². The van der Waals surface area contributed by atoms with Crippen molar-refractivity contribution in [3.8, 4) is 0 Å². The Morgan fingerprint density at radius 2 is 1.72 bits per heavy atom. The number of carbonyl (C=O) groups excluding carboxylic acids is 3. The minimum absolute atomic E-state index is 0.0204. The van der Waals surface area contributed by atoms with Gasteiger partial charge in [0.1, 0.15) is 0 Å². The molecule has 10 heteroatoms. The molecule has 3 rings (SSSR count). The first-order valence-corrected chi connectivity index (χ1v) is 19.4. The van der Waals surface area contributed by atoms with Crippen LogP contribution >= 0.6 is 0 Å². The Morgan fingerprint density at radius 3 is 2.44 bits per heavy atom. The minimum Gasteiger partial charge on any atom is -0.390 e. The summed E-state index contributed by atoms with van der Waals surface area (Å²) >= 11 is 0. The van der Waals surface area contributed by atoms with Gasteiger partial charge in [-0.25, -0.2) is 0 Å². The third kappa shape index (κ3) is 13.8. The van der Waals surface area contributed by atoms with E-state index in [4.69, 9.17) is 14.2 Å². The van der Waals surface area contributed by atoms with Crippen molar-refractivity contribution in [1.29, 1.82) is 0 Å². The highest BCUT2D eigenvalue weighted by molar-refractivity contribution is 5.89. The zero-order valence-corrected chi connectivity index (χ0v) is 32.0. The lowest BCUT2D eigenvalue weighted by atomic mass is 9.77. The second kappa shape index (κ2) is 20.8. The lowest BCUT2D eigenvalue weighted by Crippen LogP contribution is -2.51. The number of rotatable bonds is 18. The Morgan fingerprint density at radius 1 is 0.980 bits per heavy atom. The van der Waals surface area contributed by atoms with Gasteiger partial charge in [-0.15, -0.1) is 0 Å². The van der Waals surface area contributed by atoms with Crippen molar-refractivity contribution >= 4 is 17.6 Å². The Bertz CT molecular complexity index is 1140. The Labute approximate surface area is 301 Å². The van der Waals surface area contributed by atoms with Crippen LogP contribution in [0.3, 0.4) is 0 Å². The van der Waals surface area contributed by atoms with Crippen LogP contribution in [-0.4, -0.2) is 90.2 Å². The van der Waals surface area contributed by atoms with E-state index in [9.17, 15) is 24.6 Å².